The number of nitrogens with zero attached hydrogens (tertiary/aromatic N) is 7. The lowest BCUT2D eigenvalue weighted by atomic mass is 9.96. The maximum absolute atomic E-state index is 11.6. The largest absolute Gasteiger partial charge is 0.369 e. The standard InChI is InChI=1S/C22H27ClN8O/c1-28-10-12-30(13-11-28)22-26-20(29-8-6-15(7-9-29)19(24)32)18-14-25-31(21(18)27-22)17-4-2-16(23)3-5-17/h2-5,14-15H,6-13H2,1H3,(H2,24,32). The van der Waals surface area contributed by atoms with Crippen molar-refractivity contribution in [1.82, 2.24) is 24.6 Å². The van der Waals surface area contributed by atoms with E-state index in [2.05, 4.69) is 26.8 Å². The van der Waals surface area contributed by atoms with Gasteiger partial charge in [-0.2, -0.15) is 15.1 Å². The lowest BCUT2D eigenvalue weighted by molar-refractivity contribution is -0.122. The summed E-state index contributed by atoms with van der Waals surface area (Å²) in [5.41, 5.74) is 7.20. The van der Waals surface area contributed by atoms with Crippen LogP contribution in [0.1, 0.15) is 12.8 Å². The second kappa shape index (κ2) is 8.55. The zero-order valence-electron chi connectivity index (χ0n) is 18.1. The predicted octanol–water partition coefficient (Wildman–Crippen LogP) is 1.92. The molecule has 0 aliphatic carbocycles. The highest BCUT2D eigenvalue weighted by atomic mass is 35.5. The van der Waals surface area contributed by atoms with Crippen molar-refractivity contribution in [3.63, 3.8) is 0 Å². The van der Waals surface area contributed by atoms with Crippen molar-refractivity contribution in [2.45, 2.75) is 12.8 Å². The average molecular weight is 455 g/mol. The van der Waals surface area contributed by atoms with Crippen molar-refractivity contribution in [3.8, 4) is 5.69 Å². The van der Waals surface area contributed by atoms with Gasteiger partial charge in [-0.3, -0.25) is 4.79 Å². The van der Waals surface area contributed by atoms with E-state index in [0.29, 0.717) is 11.0 Å². The maximum atomic E-state index is 11.6. The Morgan fingerprint density at radius 3 is 2.34 bits per heavy atom. The first kappa shape index (κ1) is 21.0. The Morgan fingerprint density at radius 1 is 1.00 bits per heavy atom. The van der Waals surface area contributed by atoms with E-state index < -0.39 is 0 Å². The monoisotopic (exact) mass is 454 g/mol. The highest BCUT2D eigenvalue weighted by Crippen LogP contribution is 2.31. The summed E-state index contributed by atoms with van der Waals surface area (Å²) in [5.74, 6) is 1.30. The first-order valence-corrected chi connectivity index (χ1v) is 11.4. The number of amides is 1. The van der Waals surface area contributed by atoms with Crippen LogP contribution in [-0.4, -0.2) is 76.9 Å². The fraction of sp³-hybridized carbons (Fsp3) is 0.455. The van der Waals surface area contributed by atoms with Crippen molar-refractivity contribution in [3.05, 3.63) is 35.5 Å². The van der Waals surface area contributed by atoms with Gasteiger partial charge >= 0.3 is 0 Å². The van der Waals surface area contributed by atoms with Gasteiger partial charge in [0.15, 0.2) is 5.65 Å². The first-order valence-electron chi connectivity index (χ1n) is 11.0. The van der Waals surface area contributed by atoms with Crippen LogP contribution < -0.4 is 15.5 Å². The zero-order valence-corrected chi connectivity index (χ0v) is 18.9. The number of likely N-dealkylation sites (N-methyl/N-ethyl adjacent to an activating group) is 1. The molecular weight excluding hydrogens is 428 g/mol. The summed E-state index contributed by atoms with van der Waals surface area (Å²) in [5, 5.41) is 6.21. The highest BCUT2D eigenvalue weighted by Gasteiger charge is 2.28. The molecule has 0 bridgehead atoms. The van der Waals surface area contributed by atoms with Crippen LogP contribution >= 0.6 is 11.6 Å². The lowest BCUT2D eigenvalue weighted by Crippen LogP contribution is -2.45. The van der Waals surface area contributed by atoms with E-state index in [1.807, 2.05) is 35.1 Å². The molecule has 5 rings (SSSR count). The molecule has 1 amide bonds. The van der Waals surface area contributed by atoms with Gasteiger partial charge in [0.05, 0.1) is 17.3 Å². The van der Waals surface area contributed by atoms with Gasteiger partial charge in [0.25, 0.3) is 0 Å². The number of anilines is 2. The van der Waals surface area contributed by atoms with Gasteiger partial charge in [-0.15, -0.1) is 0 Å². The van der Waals surface area contributed by atoms with Crippen LogP contribution in [0.4, 0.5) is 11.8 Å². The molecule has 0 unspecified atom stereocenters. The van der Waals surface area contributed by atoms with Gasteiger partial charge in [0.1, 0.15) is 5.82 Å². The number of hydrogen-bond donors (Lipinski definition) is 1. The zero-order chi connectivity index (χ0) is 22.2. The smallest absolute Gasteiger partial charge is 0.229 e. The van der Waals surface area contributed by atoms with Gasteiger partial charge in [0.2, 0.25) is 11.9 Å². The molecule has 2 saturated heterocycles. The Balaban J connectivity index is 1.57. The molecule has 0 spiro atoms. The third-order valence-corrected chi connectivity index (χ3v) is 6.70. The fourth-order valence-corrected chi connectivity index (χ4v) is 4.54. The molecule has 10 heteroatoms. The van der Waals surface area contributed by atoms with Crippen molar-refractivity contribution in [2.24, 2.45) is 11.7 Å². The minimum atomic E-state index is -0.217. The molecule has 2 aliphatic heterocycles. The van der Waals surface area contributed by atoms with Crippen LogP contribution in [0.5, 0.6) is 0 Å². The van der Waals surface area contributed by atoms with E-state index in [0.717, 1.165) is 74.6 Å². The Labute approximate surface area is 191 Å². The summed E-state index contributed by atoms with van der Waals surface area (Å²) in [6, 6.07) is 7.57. The second-order valence-electron chi connectivity index (χ2n) is 8.57. The molecule has 1 aromatic carbocycles. The molecule has 168 valence electrons. The Bertz CT molecular complexity index is 1110. The number of halogens is 1. The summed E-state index contributed by atoms with van der Waals surface area (Å²) in [6.07, 6.45) is 3.29. The molecule has 32 heavy (non-hydrogen) atoms. The van der Waals surface area contributed by atoms with Gasteiger partial charge in [0, 0.05) is 50.2 Å². The minimum absolute atomic E-state index is 0.0718. The molecule has 0 atom stereocenters. The van der Waals surface area contributed by atoms with Crippen LogP contribution in [0.3, 0.4) is 0 Å². The number of piperidine rings is 1. The molecule has 0 saturated carbocycles. The third-order valence-electron chi connectivity index (χ3n) is 6.45. The van der Waals surface area contributed by atoms with Gasteiger partial charge in [-0.25, -0.2) is 4.68 Å². The van der Waals surface area contributed by atoms with E-state index >= 15 is 0 Å². The second-order valence-corrected chi connectivity index (χ2v) is 9.01. The van der Waals surface area contributed by atoms with Crippen molar-refractivity contribution in [2.75, 3.05) is 56.1 Å². The normalized spacial score (nSPS) is 18.4. The number of aromatic nitrogens is 4. The fourth-order valence-electron chi connectivity index (χ4n) is 4.42. The quantitative estimate of drug-likeness (QED) is 0.643. The van der Waals surface area contributed by atoms with Crippen LogP contribution in [0.15, 0.2) is 30.5 Å². The SMILES string of the molecule is CN1CCN(c2nc(N3CCC(C(N)=O)CC3)c3cnn(-c4ccc(Cl)cc4)c3n2)CC1. The topological polar surface area (TPSA) is 96.4 Å². The summed E-state index contributed by atoms with van der Waals surface area (Å²) in [4.78, 5) is 28.3. The Kier molecular flexibility index (Phi) is 5.60. The number of nitrogens with two attached hydrogens (primary N) is 1. The van der Waals surface area contributed by atoms with Gasteiger partial charge in [-0.05, 0) is 44.2 Å². The van der Waals surface area contributed by atoms with Crippen LogP contribution in [0, 0.1) is 5.92 Å². The molecule has 4 heterocycles. The van der Waals surface area contributed by atoms with Crippen LogP contribution in [0.2, 0.25) is 5.02 Å². The van der Waals surface area contributed by atoms with Crippen molar-refractivity contribution in [1.29, 1.82) is 0 Å². The molecule has 2 fully saturated rings. The molecule has 3 aromatic rings. The number of fused-ring (bicyclic) bond motifs is 1. The van der Waals surface area contributed by atoms with Crippen LogP contribution in [-0.2, 0) is 4.79 Å². The van der Waals surface area contributed by atoms with Gasteiger partial charge < -0.3 is 20.4 Å². The number of carbonyl (C=O) groups excluding carboxylic acids is 1. The molecular formula is C22H27ClN8O. The number of piperazine rings is 1. The number of hydrogen-bond acceptors (Lipinski definition) is 7. The predicted molar refractivity (Wildman–Crippen MR) is 126 cm³/mol. The van der Waals surface area contributed by atoms with E-state index in [4.69, 9.17) is 27.3 Å². The van der Waals surface area contributed by atoms with Crippen LogP contribution in [0.25, 0.3) is 16.7 Å². The maximum Gasteiger partial charge on any atom is 0.229 e. The van der Waals surface area contributed by atoms with Crippen molar-refractivity contribution >= 4 is 40.3 Å². The molecule has 0 radical (unpaired) electrons. The minimum Gasteiger partial charge on any atom is -0.369 e. The number of rotatable bonds is 4. The molecule has 2 aliphatic rings. The first-order chi connectivity index (χ1) is 15.5. The van der Waals surface area contributed by atoms with E-state index in [9.17, 15) is 4.79 Å². The van der Waals surface area contributed by atoms with Crippen molar-refractivity contribution < 1.29 is 4.79 Å². The third kappa shape index (κ3) is 3.98. The number of carbonyl (C=O) groups is 1. The number of primary amides is 1. The summed E-state index contributed by atoms with van der Waals surface area (Å²) >= 11 is 6.09. The highest BCUT2D eigenvalue weighted by molar-refractivity contribution is 6.30. The van der Waals surface area contributed by atoms with E-state index in [1.54, 1.807) is 0 Å². The summed E-state index contributed by atoms with van der Waals surface area (Å²) < 4.78 is 1.84. The van der Waals surface area contributed by atoms with E-state index in [1.165, 1.54) is 0 Å². The van der Waals surface area contributed by atoms with Gasteiger partial charge in [-0.1, -0.05) is 11.6 Å². The summed E-state index contributed by atoms with van der Waals surface area (Å²) in [7, 11) is 2.13. The lowest BCUT2D eigenvalue weighted by Gasteiger charge is -2.34. The molecule has 9 nitrogen and oxygen atoms in total. The molecule has 2 aromatic heterocycles. The summed E-state index contributed by atoms with van der Waals surface area (Å²) in [6.45, 7) is 5.15. The molecule has 2 N–H and O–H groups in total. The average Bonchev–Trinajstić information content (AvgIpc) is 3.23. The Morgan fingerprint density at radius 2 is 1.69 bits per heavy atom. The Hall–Kier alpha value is -2.91. The number of benzene rings is 1. The van der Waals surface area contributed by atoms with E-state index in [-0.39, 0.29) is 11.8 Å².